The first-order valence-electron chi connectivity index (χ1n) is 11.1. The third kappa shape index (κ3) is 3.70. The first-order valence-corrected chi connectivity index (χ1v) is 11.1. The van der Waals surface area contributed by atoms with E-state index >= 15 is 0 Å². The van der Waals surface area contributed by atoms with Crippen molar-refractivity contribution in [3.05, 3.63) is 92.1 Å². The van der Waals surface area contributed by atoms with E-state index in [0.29, 0.717) is 17.9 Å². The maximum Gasteiger partial charge on any atom is 0.337 e. The lowest BCUT2D eigenvalue weighted by Crippen LogP contribution is -2.42. The number of ether oxygens (including phenoxy) is 1. The third-order valence-electron chi connectivity index (χ3n) is 6.27. The van der Waals surface area contributed by atoms with Gasteiger partial charge in [0.1, 0.15) is 5.82 Å². The van der Waals surface area contributed by atoms with Crippen molar-refractivity contribution in [3.63, 3.8) is 0 Å². The summed E-state index contributed by atoms with van der Waals surface area (Å²) in [5, 5.41) is 0. The molecule has 0 spiro atoms. The van der Waals surface area contributed by atoms with Crippen molar-refractivity contribution < 1.29 is 9.13 Å². The van der Waals surface area contributed by atoms with Gasteiger partial charge in [0.25, 0.3) is 5.56 Å². The van der Waals surface area contributed by atoms with Crippen molar-refractivity contribution >= 4 is 11.2 Å². The Hall–Kier alpha value is -3.52. The lowest BCUT2D eigenvalue weighted by molar-refractivity contribution is 0.0950. The molecule has 0 radical (unpaired) electrons. The molecule has 4 aromatic rings. The molecule has 1 aliphatic rings. The van der Waals surface area contributed by atoms with Crippen LogP contribution in [0, 0.1) is 19.7 Å². The Morgan fingerprint density at radius 1 is 1.09 bits per heavy atom. The van der Waals surface area contributed by atoms with Crippen molar-refractivity contribution in [2.24, 2.45) is 0 Å². The summed E-state index contributed by atoms with van der Waals surface area (Å²) in [6.07, 6.45) is 3.00. The molecule has 8 heteroatoms. The number of halogens is 1. The summed E-state index contributed by atoms with van der Waals surface area (Å²) in [5.74, 6) is -0.359. The second-order valence-corrected chi connectivity index (χ2v) is 8.55. The van der Waals surface area contributed by atoms with Gasteiger partial charge in [-0.25, -0.2) is 18.7 Å². The predicted octanol–water partition coefficient (Wildman–Crippen LogP) is 3.33. The molecule has 0 amide bonds. The Morgan fingerprint density at radius 3 is 2.55 bits per heavy atom. The van der Waals surface area contributed by atoms with Crippen LogP contribution >= 0.6 is 0 Å². The fraction of sp³-hybridized carbons (Fsp3) is 0.320. The molecule has 1 saturated heterocycles. The minimum Gasteiger partial charge on any atom is -0.376 e. The van der Waals surface area contributed by atoms with E-state index in [1.165, 1.54) is 21.5 Å². The standard InChI is InChI=1S/C25H25FN4O3/c1-16-7-5-8-17(2)21(16)30-23-22(24(31)29(25(30)32)14-19-10-6-12-33-19)28(15-27-23)13-18-9-3-4-11-20(18)26/h3-5,7-9,11,15,19H,6,10,12-14H2,1-2H3/t19-/m0/s1. The van der Waals surface area contributed by atoms with Gasteiger partial charge < -0.3 is 9.30 Å². The SMILES string of the molecule is Cc1cccc(C)c1-n1c(=O)n(C[C@@H]2CCCO2)c(=O)c2c1ncn2Cc1ccccc1F. The lowest BCUT2D eigenvalue weighted by Gasteiger charge is -2.17. The highest BCUT2D eigenvalue weighted by Crippen LogP contribution is 2.22. The van der Waals surface area contributed by atoms with Crippen molar-refractivity contribution in [3.8, 4) is 5.69 Å². The average Bonchev–Trinajstić information content (AvgIpc) is 3.45. The molecule has 0 N–H and O–H groups in total. The van der Waals surface area contributed by atoms with Crippen molar-refractivity contribution in [2.75, 3.05) is 6.61 Å². The van der Waals surface area contributed by atoms with Crippen LogP contribution in [0.15, 0.2) is 58.4 Å². The van der Waals surface area contributed by atoms with Crippen LogP contribution in [-0.2, 0) is 17.8 Å². The number of hydrogen-bond donors (Lipinski definition) is 0. The topological polar surface area (TPSA) is 71.1 Å². The number of nitrogens with zero attached hydrogens (tertiary/aromatic N) is 4. The number of fused-ring (bicyclic) bond motifs is 1. The molecule has 0 unspecified atom stereocenters. The van der Waals surface area contributed by atoms with Crippen LogP contribution in [0.1, 0.15) is 29.5 Å². The monoisotopic (exact) mass is 448 g/mol. The van der Waals surface area contributed by atoms with E-state index in [4.69, 9.17) is 4.74 Å². The molecule has 0 saturated carbocycles. The third-order valence-corrected chi connectivity index (χ3v) is 6.27. The summed E-state index contributed by atoms with van der Waals surface area (Å²) in [6.45, 7) is 4.77. The summed E-state index contributed by atoms with van der Waals surface area (Å²) in [4.78, 5) is 31.7. The summed E-state index contributed by atoms with van der Waals surface area (Å²) < 4.78 is 24.4. The highest BCUT2D eigenvalue weighted by atomic mass is 19.1. The summed E-state index contributed by atoms with van der Waals surface area (Å²) in [7, 11) is 0. The number of rotatable bonds is 5. The van der Waals surface area contributed by atoms with Crippen LogP contribution in [0.5, 0.6) is 0 Å². The zero-order chi connectivity index (χ0) is 23.1. The fourth-order valence-electron chi connectivity index (χ4n) is 4.62. The largest absolute Gasteiger partial charge is 0.376 e. The quantitative estimate of drug-likeness (QED) is 0.470. The zero-order valence-electron chi connectivity index (χ0n) is 18.6. The number of aryl methyl sites for hydroxylation is 2. The maximum absolute atomic E-state index is 14.4. The van der Waals surface area contributed by atoms with Crippen molar-refractivity contribution in [1.29, 1.82) is 0 Å². The molecule has 7 nitrogen and oxygen atoms in total. The first kappa shape index (κ1) is 21.3. The van der Waals surface area contributed by atoms with Gasteiger partial charge in [0.05, 0.1) is 31.2 Å². The van der Waals surface area contributed by atoms with E-state index < -0.39 is 11.2 Å². The summed E-state index contributed by atoms with van der Waals surface area (Å²) in [5.41, 5.74) is 2.56. The second-order valence-electron chi connectivity index (χ2n) is 8.55. The number of benzene rings is 2. The molecule has 0 aliphatic carbocycles. The van der Waals surface area contributed by atoms with Gasteiger partial charge in [-0.15, -0.1) is 0 Å². The van der Waals surface area contributed by atoms with E-state index in [2.05, 4.69) is 4.98 Å². The number of para-hydroxylation sites is 1. The molecule has 1 atom stereocenters. The number of aromatic nitrogens is 4. The molecular formula is C25H25FN4O3. The van der Waals surface area contributed by atoms with E-state index in [1.807, 2.05) is 32.0 Å². The Kier molecular flexibility index (Phi) is 5.46. The molecule has 3 heterocycles. The van der Waals surface area contributed by atoms with E-state index in [1.54, 1.807) is 22.8 Å². The summed E-state index contributed by atoms with van der Waals surface area (Å²) >= 11 is 0. The minimum atomic E-state index is -0.448. The van der Waals surface area contributed by atoms with Crippen LogP contribution in [0.25, 0.3) is 16.9 Å². The van der Waals surface area contributed by atoms with Gasteiger partial charge in [-0.2, -0.15) is 0 Å². The molecule has 0 bridgehead atoms. The predicted molar refractivity (Wildman–Crippen MR) is 124 cm³/mol. The normalized spacial score (nSPS) is 16.0. The Labute approximate surface area is 189 Å². The summed E-state index contributed by atoms with van der Waals surface area (Å²) in [6, 6.07) is 12.2. The van der Waals surface area contributed by atoms with Crippen LogP contribution < -0.4 is 11.2 Å². The molecule has 170 valence electrons. The Morgan fingerprint density at radius 2 is 1.85 bits per heavy atom. The van der Waals surface area contributed by atoms with Gasteiger partial charge >= 0.3 is 5.69 Å². The van der Waals surface area contributed by atoms with Gasteiger partial charge in [0.15, 0.2) is 11.2 Å². The van der Waals surface area contributed by atoms with Crippen LogP contribution in [0.4, 0.5) is 4.39 Å². The van der Waals surface area contributed by atoms with E-state index in [9.17, 15) is 14.0 Å². The number of hydrogen-bond acceptors (Lipinski definition) is 4. The van der Waals surface area contributed by atoms with Gasteiger partial charge in [0.2, 0.25) is 0 Å². The van der Waals surface area contributed by atoms with Gasteiger partial charge in [-0.1, -0.05) is 36.4 Å². The van der Waals surface area contributed by atoms with Gasteiger partial charge in [-0.05, 0) is 43.9 Å². The first-order chi connectivity index (χ1) is 16.0. The van der Waals surface area contributed by atoms with Gasteiger partial charge in [0, 0.05) is 12.2 Å². The second kappa shape index (κ2) is 8.44. The molecule has 1 aliphatic heterocycles. The minimum absolute atomic E-state index is 0.128. The van der Waals surface area contributed by atoms with Crippen LogP contribution in [0.3, 0.4) is 0 Å². The maximum atomic E-state index is 14.4. The lowest BCUT2D eigenvalue weighted by atomic mass is 10.1. The molecule has 5 rings (SSSR count). The van der Waals surface area contributed by atoms with Gasteiger partial charge in [-0.3, -0.25) is 9.36 Å². The Bertz CT molecular complexity index is 1440. The Balaban J connectivity index is 1.78. The highest BCUT2D eigenvalue weighted by Gasteiger charge is 2.24. The molecule has 33 heavy (non-hydrogen) atoms. The van der Waals surface area contributed by atoms with Crippen molar-refractivity contribution in [1.82, 2.24) is 18.7 Å². The molecule has 2 aromatic carbocycles. The van der Waals surface area contributed by atoms with Crippen LogP contribution in [-0.4, -0.2) is 31.4 Å². The fourth-order valence-corrected chi connectivity index (χ4v) is 4.62. The van der Waals surface area contributed by atoms with E-state index in [0.717, 1.165) is 24.0 Å². The zero-order valence-corrected chi connectivity index (χ0v) is 18.6. The van der Waals surface area contributed by atoms with E-state index in [-0.39, 0.29) is 36.2 Å². The molecule has 1 fully saturated rings. The van der Waals surface area contributed by atoms with Crippen molar-refractivity contribution in [2.45, 2.75) is 45.9 Å². The molecule has 2 aromatic heterocycles. The average molecular weight is 448 g/mol. The highest BCUT2D eigenvalue weighted by molar-refractivity contribution is 5.73. The number of imidazole rings is 1. The smallest absolute Gasteiger partial charge is 0.337 e. The van der Waals surface area contributed by atoms with Crippen LogP contribution in [0.2, 0.25) is 0 Å². The molecular weight excluding hydrogens is 423 g/mol.